The van der Waals surface area contributed by atoms with E-state index in [4.69, 9.17) is 5.73 Å². The van der Waals surface area contributed by atoms with E-state index >= 15 is 0 Å². The zero-order valence-corrected chi connectivity index (χ0v) is 16.9. The van der Waals surface area contributed by atoms with E-state index in [1.807, 2.05) is 31.2 Å². The second kappa shape index (κ2) is 11.7. The van der Waals surface area contributed by atoms with E-state index in [1.165, 1.54) is 0 Å². The molecule has 0 saturated carbocycles. The maximum atomic E-state index is 12.0. The van der Waals surface area contributed by atoms with Crippen LogP contribution in [-0.2, 0) is 11.3 Å². The summed E-state index contributed by atoms with van der Waals surface area (Å²) in [6.07, 6.45) is 1.35. The molecular weight excluding hydrogens is 459 g/mol. The average molecular weight is 483 g/mol. The van der Waals surface area contributed by atoms with Crippen molar-refractivity contribution in [1.29, 1.82) is 0 Å². The fraction of sp³-hybridized carbons (Fsp3) is 0.467. The van der Waals surface area contributed by atoms with E-state index in [-0.39, 0.29) is 29.9 Å². The number of amides is 1. The van der Waals surface area contributed by atoms with E-state index in [9.17, 15) is 4.79 Å². The van der Waals surface area contributed by atoms with Crippen LogP contribution in [0.1, 0.15) is 25.3 Å². The van der Waals surface area contributed by atoms with Gasteiger partial charge in [-0.3, -0.25) is 9.79 Å². The normalized spacial score (nSPS) is 10.8. The number of nitrogens with zero attached hydrogens (tertiary/aromatic N) is 2. The number of hydrogen-bond donors (Lipinski definition) is 2. The fourth-order valence-corrected chi connectivity index (χ4v) is 2.16. The number of rotatable bonds is 7. The Morgan fingerprint density at radius 1 is 1.41 bits per heavy atom. The van der Waals surface area contributed by atoms with Crippen LogP contribution < -0.4 is 11.1 Å². The minimum absolute atomic E-state index is 0. The number of nitrogens with two attached hydrogens (primary N) is 1. The lowest BCUT2D eigenvalue weighted by Gasteiger charge is -2.18. The minimum atomic E-state index is 0. The largest absolute Gasteiger partial charge is 0.370 e. The van der Waals surface area contributed by atoms with E-state index in [2.05, 4.69) is 26.2 Å². The molecule has 1 rings (SSSR count). The van der Waals surface area contributed by atoms with Crippen LogP contribution in [0.3, 0.4) is 0 Å². The molecular formula is C15H24BrIN4O. The Balaban J connectivity index is 0.00000441. The molecule has 3 N–H and O–H groups in total. The maximum Gasteiger partial charge on any atom is 0.224 e. The Morgan fingerprint density at radius 3 is 2.73 bits per heavy atom. The zero-order chi connectivity index (χ0) is 15.7. The van der Waals surface area contributed by atoms with Crippen molar-refractivity contribution in [2.45, 2.75) is 26.3 Å². The summed E-state index contributed by atoms with van der Waals surface area (Å²) in [7, 11) is 1.80. The molecule has 0 radical (unpaired) electrons. The van der Waals surface area contributed by atoms with Gasteiger partial charge in [0.05, 0.1) is 0 Å². The number of carbonyl (C=O) groups excluding carboxylic acids is 1. The quantitative estimate of drug-likeness (QED) is 0.356. The van der Waals surface area contributed by atoms with Gasteiger partial charge >= 0.3 is 0 Å². The number of nitrogens with one attached hydrogen (secondary N) is 1. The number of aliphatic imine (C=N–C) groups is 1. The van der Waals surface area contributed by atoms with Gasteiger partial charge in [0.25, 0.3) is 0 Å². The first-order valence-corrected chi connectivity index (χ1v) is 7.85. The number of hydrogen-bond acceptors (Lipinski definition) is 2. The van der Waals surface area contributed by atoms with Crippen LogP contribution in [0.25, 0.3) is 0 Å². The smallest absolute Gasteiger partial charge is 0.224 e. The summed E-state index contributed by atoms with van der Waals surface area (Å²) in [6.45, 7) is 3.82. The first-order chi connectivity index (χ1) is 10.0. The predicted octanol–water partition coefficient (Wildman–Crippen LogP) is 2.73. The number of halogens is 2. The molecule has 0 heterocycles. The molecule has 1 aromatic carbocycles. The predicted molar refractivity (Wildman–Crippen MR) is 105 cm³/mol. The third kappa shape index (κ3) is 7.98. The molecule has 124 valence electrons. The van der Waals surface area contributed by atoms with Gasteiger partial charge in [0.1, 0.15) is 0 Å². The van der Waals surface area contributed by atoms with Crippen molar-refractivity contribution in [2.24, 2.45) is 10.7 Å². The summed E-state index contributed by atoms with van der Waals surface area (Å²) in [5.74, 6) is 0.472. The van der Waals surface area contributed by atoms with E-state index in [0.717, 1.165) is 16.5 Å². The molecule has 0 spiro atoms. The number of benzene rings is 1. The van der Waals surface area contributed by atoms with Gasteiger partial charge in [0, 0.05) is 37.6 Å². The molecule has 0 aliphatic carbocycles. The molecule has 1 aromatic rings. The molecule has 22 heavy (non-hydrogen) atoms. The molecule has 0 fully saturated rings. The summed E-state index contributed by atoms with van der Waals surface area (Å²) in [5, 5.41) is 2.95. The van der Waals surface area contributed by atoms with Gasteiger partial charge in [-0.05, 0) is 18.1 Å². The topological polar surface area (TPSA) is 70.7 Å². The van der Waals surface area contributed by atoms with Crippen LogP contribution in [0, 0.1) is 0 Å². The Bertz CT molecular complexity index is 496. The van der Waals surface area contributed by atoms with Crippen LogP contribution in [0.15, 0.2) is 33.7 Å². The lowest BCUT2D eigenvalue weighted by atomic mass is 10.2. The van der Waals surface area contributed by atoms with Crippen LogP contribution in [0.2, 0.25) is 0 Å². The van der Waals surface area contributed by atoms with E-state index in [0.29, 0.717) is 32.0 Å². The van der Waals surface area contributed by atoms with Crippen LogP contribution >= 0.6 is 39.9 Å². The summed E-state index contributed by atoms with van der Waals surface area (Å²) in [4.78, 5) is 17.9. The highest BCUT2D eigenvalue weighted by molar-refractivity contribution is 14.0. The third-order valence-corrected chi connectivity index (χ3v) is 3.72. The summed E-state index contributed by atoms with van der Waals surface area (Å²) < 4.78 is 1.01. The van der Waals surface area contributed by atoms with Crippen molar-refractivity contribution in [3.05, 3.63) is 34.3 Å². The molecule has 0 bridgehead atoms. The second-order valence-corrected chi connectivity index (χ2v) is 5.64. The highest BCUT2D eigenvalue weighted by atomic mass is 127. The SMILES string of the molecule is CCCN=C(N)NCCC(=O)N(C)Cc1ccccc1Br.I. The Labute approximate surface area is 157 Å². The van der Waals surface area contributed by atoms with Crippen LogP contribution in [0.5, 0.6) is 0 Å². The lowest BCUT2D eigenvalue weighted by molar-refractivity contribution is -0.130. The summed E-state index contributed by atoms with van der Waals surface area (Å²) >= 11 is 3.49. The molecule has 0 unspecified atom stereocenters. The van der Waals surface area contributed by atoms with Gasteiger partial charge in [-0.1, -0.05) is 41.1 Å². The Hall–Kier alpha value is -0.830. The monoisotopic (exact) mass is 482 g/mol. The van der Waals surface area contributed by atoms with Gasteiger partial charge < -0.3 is 16.0 Å². The standard InChI is InChI=1S/C15H23BrN4O.HI/c1-3-9-18-15(17)19-10-8-14(21)20(2)11-12-6-4-5-7-13(12)16;/h4-7H,3,8-11H2,1-2H3,(H3,17,18,19);1H. The molecule has 5 nitrogen and oxygen atoms in total. The highest BCUT2D eigenvalue weighted by Crippen LogP contribution is 2.17. The van der Waals surface area contributed by atoms with Gasteiger partial charge in [0.2, 0.25) is 5.91 Å². The molecule has 0 saturated heterocycles. The van der Waals surface area contributed by atoms with Crippen LogP contribution in [-0.4, -0.2) is 36.9 Å². The molecule has 7 heteroatoms. The van der Waals surface area contributed by atoms with Crippen molar-refractivity contribution in [1.82, 2.24) is 10.2 Å². The van der Waals surface area contributed by atoms with Gasteiger partial charge in [0.15, 0.2) is 5.96 Å². The first kappa shape index (κ1) is 21.2. The molecule has 0 aromatic heterocycles. The first-order valence-electron chi connectivity index (χ1n) is 7.05. The summed E-state index contributed by atoms with van der Waals surface area (Å²) in [5.41, 5.74) is 6.76. The second-order valence-electron chi connectivity index (χ2n) is 4.78. The van der Waals surface area contributed by atoms with Crippen LogP contribution in [0.4, 0.5) is 0 Å². The van der Waals surface area contributed by atoms with Gasteiger partial charge in [-0.25, -0.2) is 0 Å². The Morgan fingerprint density at radius 2 is 2.09 bits per heavy atom. The number of carbonyl (C=O) groups is 1. The highest BCUT2D eigenvalue weighted by Gasteiger charge is 2.10. The average Bonchev–Trinajstić information content (AvgIpc) is 2.47. The minimum Gasteiger partial charge on any atom is -0.370 e. The van der Waals surface area contributed by atoms with Crippen molar-refractivity contribution >= 4 is 51.8 Å². The Kier molecular flexibility index (Phi) is 11.3. The molecule has 0 aliphatic rings. The van der Waals surface area contributed by atoms with Crippen molar-refractivity contribution in [3.8, 4) is 0 Å². The van der Waals surface area contributed by atoms with Crippen molar-refractivity contribution in [2.75, 3.05) is 20.1 Å². The zero-order valence-electron chi connectivity index (χ0n) is 13.0. The lowest BCUT2D eigenvalue weighted by Crippen LogP contribution is -2.35. The van der Waals surface area contributed by atoms with E-state index < -0.39 is 0 Å². The molecule has 0 atom stereocenters. The van der Waals surface area contributed by atoms with Crippen molar-refractivity contribution in [3.63, 3.8) is 0 Å². The summed E-state index contributed by atoms with van der Waals surface area (Å²) in [6, 6.07) is 7.89. The van der Waals surface area contributed by atoms with Crippen molar-refractivity contribution < 1.29 is 4.79 Å². The number of guanidine groups is 1. The molecule has 1 amide bonds. The third-order valence-electron chi connectivity index (χ3n) is 2.94. The van der Waals surface area contributed by atoms with Gasteiger partial charge in [-0.2, -0.15) is 0 Å². The fourth-order valence-electron chi connectivity index (χ4n) is 1.75. The maximum absolute atomic E-state index is 12.0. The van der Waals surface area contributed by atoms with Gasteiger partial charge in [-0.15, -0.1) is 24.0 Å². The van der Waals surface area contributed by atoms with E-state index in [1.54, 1.807) is 11.9 Å². The molecule has 0 aliphatic heterocycles.